The predicted octanol–water partition coefficient (Wildman–Crippen LogP) is 2.06. The molecule has 2 rings (SSSR count). The molecule has 1 aliphatic carbocycles. The molecule has 1 aromatic rings. The fourth-order valence-corrected chi connectivity index (χ4v) is 1.31. The summed E-state index contributed by atoms with van der Waals surface area (Å²) in [7, 11) is 0. The second-order valence-corrected chi connectivity index (χ2v) is 2.81. The number of furan rings is 1. The van der Waals surface area contributed by atoms with Gasteiger partial charge in [-0.3, -0.25) is 0 Å². The summed E-state index contributed by atoms with van der Waals surface area (Å²) >= 11 is 0. The van der Waals surface area contributed by atoms with Crippen molar-refractivity contribution < 1.29 is 9.52 Å². The zero-order valence-corrected chi connectivity index (χ0v) is 6.55. The molecule has 1 aromatic heterocycles. The molecule has 0 bridgehead atoms. The van der Waals surface area contributed by atoms with Gasteiger partial charge in [0, 0.05) is 5.92 Å². The van der Waals surface area contributed by atoms with Gasteiger partial charge >= 0.3 is 0 Å². The molecule has 0 aliphatic heterocycles. The van der Waals surface area contributed by atoms with Gasteiger partial charge in [-0.05, 0) is 12.1 Å². The Kier molecular flexibility index (Phi) is 1.84. The number of aliphatic hydroxyl groups is 1. The van der Waals surface area contributed by atoms with E-state index in [1.165, 1.54) is 0 Å². The number of hydrogen-bond acceptors (Lipinski definition) is 2. The molecular formula is C10H10O2. The highest BCUT2D eigenvalue weighted by Crippen LogP contribution is 2.26. The van der Waals surface area contributed by atoms with Gasteiger partial charge in [0.1, 0.15) is 11.9 Å². The lowest BCUT2D eigenvalue weighted by Crippen LogP contribution is -2.05. The van der Waals surface area contributed by atoms with Gasteiger partial charge in [0.2, 0.25) is 0 Å². The van der Waals surface area contributed by atoms with E-state index in [0.717, 1.165) is 0 Å². The van der Waals surface area contributed by atoms with Gasteiger partial charge in [-0.1, -0.05) is 24.3 Å². The van der Waals surface area contributed by atoms with E-state index in [4.69, 9.17) is 4.42 Å². The van der Waals surface area contributed by atoms with Crippen molar-refractivity contribution in [2.24, 2.45) is 5.92 Å². The van der Waals surface area contributed by atoms with E-state index in [9.17, 15) is 5.11 Å². The molecule has 2 nitrogen and oxygen atoms in total. The van der Waals surface area contributed by atoms with Gasteiger partial charge in [0.25, 0.3) is 0 Å². The second-order valence-electron chi connectivity index (χ2n) is 2.81. The minimum absolute atomic E-state index is 0.0659. The van der Waals surface area contributed by atoms with Crippen molar-refractivity contribution in [1.82, 2.24) is 0 Å². The third-order valence-electron chi connectivity index (χ3n) is 1.98. The van der Waals surface area contributed by atoms with Crippen molar-refractivity contribution >= 4 is 0 Å². The largest absolute Gasteiger partial charge is 0.467 e. The van der Waals surface area contributed by atoms with Crippen LogP contribution in [0, 0.1) is 5.92 Å². The first-order valence-electron chi connectivity index (χ1n) is 3.94. The molecular weight excluding hydrogens is 152 g/mol. The highest BCUT2D eigenvalue weighted by Gasteiger charge is 2.19. The van der Waals surface area contributed by atoms with Crippen LogP contribution in [0.1, 0.15) is 11.9 Å². The monoisotopic (exact) mass is 162 g/mol. The Hall–Kier alpha value is -1.28. The standard InChI is InChI=1S/C10H10O2/c11-10(8-4-1-2-5-8)9-6-3-7-12-9/h1-8,10-11H. The Labute approximate surface area is 70.8 Å². The molecule has 0 spiro atoms. The van der Waals surface area contributed by atoms with Gasteiger partial charge < -0.3 is 9.52 Å². The van der Waals surface area contributed by atoms with Crippen LogP contribution in [0.15, 0.2) is 47.1 Å². The molecule has 0 radical (unpaired) electrons. The minimum Gasteiger partial charge on any atom is -0.467 e. The molecule has 1 unspecified atom stereocenters. The van der Waals surface area contributed by atoms with Gasteiger partial charge in [0.05, 0.1) is 6.26 Å². The molecule has 2 heteroatoms. The van der Waals surface area contributed by atoms with Crippen LogP contribution in [0.25, 0.3) is 0 Å². The SMILES string of the molecule is OC(c1ccco1)C1C=CC=C1. The van der Waals surface area contributed by atoms with E-state index < -0.39 is 6.10 Å². The van der Waals surface area contributed by atoms with Crippen LogP contribution in [-0.2, 0) is 0 Å². The number of allylic oxidation sites excluding steroid dienone is 2. The summed E-state index contributed by atoms with van der Waals surface area (Å²) < 4.78 is 5.09. The van der Waals surface area contributed by atoms with Crippen LogP contribution in [0.3, 0.4) is 0 Å². The number of aliphatic hydroxyl groups excluding tert-OH is 1. The van der Waals surface area contributed by atoms with Crippen molar-refractivity contribution in [3.05, 3.63) is 48.5 Å². The van der Waals surface area contributed by atoms with E-state index >= 15 is 0 Å². The van der Waals surface area contributed by atoms with Gasteiger partial charge in [0.15, 0.2) is 0 Å². The third kappa shape index (κ3) is 1.21. The Morgan fingerprint density at radius 2 is 2.08 bits per heavy atom. The molecule has 12 heavy (non-hydrogen) atoms. The highest BCUT2D eigenvalue weighted by atomic mass is 16.4. The summed E-state index contributed by atoms with van der Waals surface area (Å²) in [4.78, 5) is 0. The summed E-state index contributed by atoms with van der Waals surface area (Å²) in [6, 6.07) is 3.56. The Morgan fingerprint density at radius 1 is 1.33 bits per heavy atom. The Balaban J connectivity index is 2.15. The molecule has 1 aliphatic rings. The molecule has 1 heterocycles. The van der Waals surface area contributed by atoms with Crippen LogP contribution < -0.4 is 0 Å². The van der Waals surface area contributed by atoms with E-state index in [0.29, 0.717) is 5.76 Å². The number of rotatable bonds is 2. The quantitative estimate of drug-likeness (QED) is 0.722. The molecule has 0 aromatic carbocycles. The zero-order chi connectivity index (χ0) is 8.39. The molecule has 0 saturated carbocycles. The normalized spacial score (nSPS) is 18.8. The lowest BCUT2D eigenvalue weighted by atomic mass is 10.0. The van der Waals surface area contributed by atoms with Crippen LogP contribution in [0.5, 0.6) is 0 Å². The van der Waals surface area contributed by atoms with Crippen LogP contribution in [-0.4, -0.2) is 5.11 Å². The van der Waals surface area contributed by atoms with Crippen molar-refractivity contribution in [2.45, 2.75) is 6.10 Å². The van der Waals surface area contributed by atoms with E-state index in [2.05, 4.69) is 0 Å². The maximum absolute atomic E-state index is 9.71. The third-order valence-corrected chi connectivity index (χ3v) is 1.98. The topological polar surface area (TPSA) is 33.4 Å². The Bertz CT molecular complexity index is 284. The minimum atomic E-state index is -0.546. The first-order valence-corrected chi connectivity index (χ1v) is 3.94. The first-order chi connectivity index (χ1) is 5.88. The number of hydrogen-bond donors (Lipinski definition) is 1. The van der Waals surface area contributed by atoms with Gasteiger partial charge in [-0.25, -0.2) is 0 Å². The predicted molar refractivity (Wildman–Crippen MR) is 45.4 cm³/mol. The summed E-state index contributed by atoms with van der Waals surface area (Å²) in [5, 5.41) is 9.71. The fraction of sp³-hybridized carbons (Fsp3) is 0.200. The molecule has 1 atom stereocenters. The van der Waals surface area contributed by atoms with Crippen molar-refractivity contribution in [3.8, 4) is 0 Å². The highest BCUT2D eigenvalue weighted by molar-refractivity contribution is 5.21. The summed E-state index contributed by atoms with van der Waals surface area (Å²) in [5.41, 5.74) is 0. The molecule has 1 N–H and O–H groups in total. The summed E-state index contributed by atoms with van der Waals surface area (Å²) in [5.74, 6) is 0.687. The van der Waals surface area contributed by atoms with E-state index in [-0.39, 0.29) is 5.92 Å². The van der Waals surface area contributed by atoms with Crippen molar-refractivity contribution in [2.75, 3.05) is 0 Å². The molecule has 0 saturated heterocycles. The van der Waals surface area contributed by atoms with Crippen LogP contribution in [0.2, 0.25) is 0 Å². The van der Waals surface area contributed by atoms with Crippen LogP contribution >= 0.6 is 0 Å². The molecule has 62 valence electrons. The smallest absolute Gasteiger partial charge is 0.133 e. The summed E-state index contributed by atoms with van der Waals surface area (Å²) in [6.07, 6.45) is 8.78. The van der Waals surface area contributed by atoms with Gasteiger partial charge in [-0.15, -0.1) is 0 Å². The lowest BCUT2D eigenvalue weighted by molar-refractivity contribution is 0.125. The maximum atomic E-state index is 9.71. The second kappa shape index (κ2) is 2.99. The summed E-state index contributed by atoms with van der Waals surface area (Å²) in [6.45, 7) is 0. The van der Waals surface area contributed by atoms with Crippen molar-refractivity contribution in [1.29, 1.82) is 0 Å². The maximum Gasteiger partial charge on any atom is 0.133 e. The molecule has 0 amide bonds. The fourth-order valence-electron chi connectivity index (χ4n) is 1.31. The van der Waals surface area contributed by atoms with Gasteiger partial charge in [-0.2, -0.15) is 0 Å². The van der Waals surface area contributed by atoms with Crippen LogP contribution in [0.4, 0.5) is 0 Å². The molecule has 0 fully saturated rings. The average Bonchev–Trinajstić information content (AvgIpc) is 2.77. The zero-order valence-electron chi connectivity index (χ0n) is 6.55. The first kappa shape index (κ1) is 7.37. The lowest BCUT2D eigenvalue weighted by Gasteiger charge is -2.11. The van der Waals surface area contributed by atoms with E-state index in [1.807, 2.05) is 24.3 Å². The average molecular weight is 162 g/mol. The Morgan fingerprint density at radius 3 is 2.67 bits per heavy atom. The van der Waals surface area contributed by atoms with Crippen molar-refractivity contribution in [3.63, 3.8) is 0 Å². The van der Waals surface area contributed by atoms with E-state index in [1.54, 1.807) is 18.4 Å².